The third-order valence-electron chi connectivity index (χ3n) is 2.64. The van der Waals surface area contributed by atoms with Crippen molar-refractivity contribution in [2.75, 3.05) is 6.61 Å². The average Bonchev–Trinajstić information content (AvgIpc) is 1.82. The monoisotopic (exact) mass is 130 g/mol. The molecular weight excluding hydrogens is 116 g/mol. The van der Waals surface area contributed by atoms with Crippen LogP contribution in [0.5, 0.6) is 0 Å². The molecule has 2 heteroatoms. The fourth-order valence-corrected chi connectivity index (χ4v) is 1.30. The smallest absolute Gasteiger partial charge is 0.0598 e. The van der Waals surface area contributed by atoms with E-state index in [1.807, 2.05) is 13.8 Å². The first-order valence-electron chi connectivity index (χ1n) is 3.38. The number of hydrogen-bond donors (Lipinski definition) is 2. The third-order valence-corrected chi connectivity index (χ3v) is 2.64. The number of hydrogen-bond acceptors (Lipinski definition) is 2. The summed E-state index contributed by atoms with van der Waals surface area (Å²) in [6.45, 7) is 4.19. The Hall–Kier alpha value is -0.0800. The van der Waals surface area contributed by atoms with E-state index in [1.54, 1.807) is 0 Å². The Bertz CT molecular complexity index is 109. The fraction of sp³-hybridized carbons (Fsp3) is 1.00. The summed E-state index contributed by atoms with van der Waals surface area (Å²) in [6, 6.07) is 0. The van der Waals surface area contributed by atoms with Crippen LogP contribution in [0.4, 0.5) is 0 Å². The highest BCUT2D eigenvalue weighted by atomic mass is 16.3. The molecule has 0 aliphatic heterocycles. The summed E-state index contributed by atoms with van der Waals surface area (Å²) >= 11 is 0. The van der Waals surface area contributed by atoms with Gasteiger partial charge in [-0.25, -0.2) is 0 Å². The quantitative estimate of drug-likeness (QED) is 0.539. The first kappa shape index (κ1) is 7.03. The van der Waals surface area contributed by atoms with E-state index in [0.717, 1.165) is 6.42 Å². The molecule has 1 aliphatic carbocycles. The Morgan fingerprint density at radius 3 is 2.22 bits per heavy atom. The van der Waals surface area contributed by atoms with Crippen molar-refractivity contribution < 1.29 is 10.2 Å². The summed E-state index contributed by atoms with van der Waals surface area (Å²) in [6.07, 6.45) is 0.568. The van der Waals surface area contributed by atoms with Crippen LogP contribution in [-0.2, 0) is 0 Å². The maximum absolute atomic E-state index is 9.17. The predicted molar refractivity (Wildman–Crippen MR) is 35.0 cm³/mol. The van der Waals surface area contributed by atoms with Crippen molar-refractivity contribution in [2.45, 2.75) is 26.4 Å². The summed E-state index contributed by atoms with van der Waals surface area (Å²) in [5.74, 6) is 0.312. The molecule has 54 valence electrons. The maximum Gasteiger partial charge on any atom is 0.0598 e. The molecule has 0 aromatic carbocycles. The molecule has 0 aromatic heterocycles. The lowest BCUT2D eigenvalue weighted by molar-refractivity contribution is -0.115. The average molecular weight is 130 g/mol. The van der Waals surface area contributed by atoms with Crippen molar-refractivity contribution in [1.29, 1.82) is 0 Å². The first-order valence-corrected chi connectivity index (χ1v) is 3.38. The largest absolute Gasteiger partial charge is 0.396 e. The van der Waals surface area contributed by atoms with Crippen LogP contribution < -0.4 is 0 Å². The molecule has 0 saturated heterocycles. The van der Waals surface area contributed by atoms with Gasteiger partial charge in [0.25, 0.3) is 0 Å². The molecule has 1 aliphatic rings. The van der Waals surface area contributed by atoms with Gasteiger partial charge in [0, 0.05) is 6.61 Å². The zero-order valence-electron chi connectivity index (χ0n) is 5.96. The second-order valence-electron chi connectivity index (χ2n) is 3.45. The second kappa shape index (κ2) is 1.96. The maximum atomic E-state index is 9.17. The van der Waals surface area contributed by atoms with Gasteiger partial charge in [0.2, 0.25) is 0 Å². The number of rotatable bonds is 1. The van der Waals surface area contributed by atoms with Gasteiger partial charge in [0.05, 0.1) is 6.10 Å². The minimum absolute atomic E-state index is 0.0469. The van der Waals surface area contributed by atoms with Crippen molar-refractivity contribution in [3.63, 3.8) is 0 Å². The van der Waals surface area contributed by atoms with Crippen LogP contribution in [0.15, 0.2) is 0 Å². The molecule has 0 amide bonds. The van der Waals surface area contributed by atoms with Crippen LogP contribution in [0, 0.1) is 11.3 Å². The molecule has 0 aromatic rings. The van der Waals surface area contributed by atoms with E-state index in [4.69, 9.17) is 10.2 Å². The molecule has 0 radical (unpaired) electrons. The van der Waals surface area contributed by atoms with Gasteiger partial charge in [0.1, 0.15) is 0 Å². The van der Waals surface area contributed by atoms with Gasteiger partial charge in [-0.15, -0.1) is 0 Å². The molecule has 0 spiro atoms. The van der Waals surface area contributed by atoms with Crippen molar-refractivity contribution in [3.05, 3.63) is 0 Å². The van der Waals surface area contributed by atoms with E-state index in [2.05, 4.69) is 0 Å². The molecule has 0 heterocycles. The van der Waals surface area contributed by atoms with Gasteiger partial charge in [-0.05, 0) is 17.8 Å². The van der Waals surface area contributed by atoms with E-state index in [9.17, 15) is 0 Å². The van der Waals surface area contributed by atoms with E-state index >= 15 is 0 Å². The molecular formula is C7H14O2. The van der Waals surface area contributed by atoms with Crippen molar-refractivity contribution in [3.8, 4) is 0 Å². The fourth-order valence-electron chi connectivity index (χ4n) is 1.30. The molecule has 2 atom stereocenters. The third kappa shape index (κ3) is 0.864. The van der Waals surface area contributed by atoms with Gasteiger partial charge in [-0.1, -0.05) is 13.8 Å². The molecule has 1 fully saturated rings. The summed E-state index contributed by atoms with van der Waals surface area (Å²) in [7, 11) is 0. The van der Waals surface area contributed by atoms with Crippen LogP contribution in [0.3, 0.4) is 0 Å². The van der Waals surface area contributed by atoms with E-state index in [-0.39, 0.29) is 18.1 Å². The van der Waals surface area contributed by atoms with Crippen LogP contribution in [0.25, 0.3) is 0 Å². The molecule has 2 N–H and O–H groups in total. The Balaban J connectivity index is 2.48. The minimum Gasteiger partial charge on any atom is -0.396 e. The van der Waals surface area contributed by atoms with Crippen molar-refractivity contribution in [2.24, 2.45) is 11.3 Å². The SMILES string of the molecule is CC1(C)C(O)CC1CO. The number of aliphatic hydroxyl groups is 2. The molecule has 0 bridgehead atoms. The topological polar surface area (TPSA) is 40.5 Å². The Kier molecular flexibility index (Phi) is 1.53. The predicted octanol–water partition coefficient (Wildman–Crippen LogP) is 0.386. The zero-order chi connectivity index (χ0) is 7.07. The Morgan fingerprint density at radius 2 is 2.11 bits per heavy atom. The lowest BCUT2D eigenvalue weighted by Gasteiger charge is -2.48. The van der Waals surface area contributed by atoms with Crippen molar-refractivity contribution in [1.82, 2.24) is 0 Å². The van der Waals surface area contributed by atoms with Crippen LogP contribution in [0.2, 0.25) is 0 Å². The van der Waals surface area contributed by atoms with Gasteiger partial charge in [-0.2, -0.15) is 0 Å². The zero-order valence-corrected chi connectivity index (χ0v) is 5.96. The second-order valence-corrected chi connectivity index (χ2v) is 3.45. The van der Waals surface area contributed by atoms with E-state index in [1.165, 1.54) is 0 Å². The van der Waals surface area contributed by atoms with E-state index in [0.29, 0.717) is 5.92 Å². The Morgan fingerprint density at radius 1 is 1.56 bits per heavy atom. The highest BCUT2D eigenvalue weighted by Gasteiger charge is 2.46. The summed E-state index contributed by atoms with van der Waals surface area (Å²) in [5, 5.41) is 17.9. The lowest BCUT2D eigenvalue weighted by Crippen LogP contribution is -2.50. The van der Waals surface area contributed by atoms with Crippen LogP contribution in [-0.4, -0.2) is 22.9 Å². The van der Waals surface area contributed by atoms with E-state index < -0.39 is 0 Å². The van der Waals surface area contributed by atoms with Crippen LogP contribution in [0.1, 0.15) is 20.3 Å². The van der Waals surface area contributed by atoms with Gasteiger partial charge in [-0.3, -0.25) is 0 Å². The summed E-state index contributed by atoms with van der Waals surface area (Å²) in [5.41, 5.74) is -0.0469. The first-order chi connectivity index (χ1) is 4.09. The highest BCUT2D eigenvalue weighted by molar-refractivity contribution is 4.95. The van der Waals surface area contributed by atoms with Gasteiger partial charge >= 0.3 is 0 Å². The molecule has 2 nitrogen and oxygen atoms in total. The van der Waals surface area contributed by atoms with Gasteiger partial charge in [0.15, 0.2) is 0 Å². The van der Waals surface area contributed by atoms with Gasteiger partial charge < -0.3 is 10.2 Å². The molecule has 9 heavy (non-hydrogen) atoms. The summed E-state index contributed by atoms with van der Waals surface area (Å²) in [4.78, 5) is 0. The molecule has 1 rings (SSSR count). The molecule has 2 unspecified atom stereocenters. The lowest BCUT2D eigenvalue weighted by atomic mass is 9.60. The molecule has 1 saturated carbocycles. The standard InChI is InChI=1S/C7H14O2/c1-7(2)5(4-8)3-6(7)9/h5-6,8-9H,3-4H2,1-2H3. The van der Waals surface area contributed by atoms with Crippen LogP contribution >= 0.6 is 0 Å². The number of aliphatic hydroxyl groups excluding tert-OH is 2. The highest BCUT2D eigenvalue weighted by Crippen LogP contribution is 2.45. The van der Waals surface area contributed by atoms with Crippen molar-refractivity contribution >= 4 is 0 Å². The normalized spacial score (nSPS) is 40.0. The Labute approximate surface area is 55.5 Å². The minimum atomic E-state index is -0.199. The summed E-state index contributed by atoms with van der Waals surface area (Å²) < 4.78 is 0.